The molecule has 0 amide bonds. The highest BCUT2D eigenvalue weighted by atomic mass is 16.4. The van der Waals surface area contributed by atoms with E-state index in [1.807, 2.05) is 0 Å². The third-order valence-electron chi connectivity index (χ3n) is 2.29. The lowest BCUT2D eigenvalue weighted by molar-refractivity contribution is -0.143. The molecule has 0 radical (unpaired) electrons. The van der Waals surface area contributed by atoms with Gasteiger partial charge in [0.1, 0.15) is 0 Å². The van der Waals surface area contributed by atoms with E-state index in [1.165, 1.54) is 6.42 Å². The molecule has 0 aromatic heterocycles. The van der Waals surface area contributed by atoms with E-state index in [0.29, 0.717) is 5.92 Å². The van der Waals surface area contributed by atoms with Gasteiger partial charge in [-0.15, -0.1) is 0 Å². The fourth-order valence-electron chi connectivity index (χ4n) is 1.66. The summed E-state index contributed by atoms with van der Waals surface area (Å²) in [6, 6.07) is 0. The second-order valence-corrected chi connectivity index (χ2v) is 3.31. The maximum Gasteiger partial charge on any atom is 0.306 e. The number of carbonyl (C=O) groups is 1. The van der Waals surface area contributed by atoms with E-state index in [-0.39, 0.29) is 5.92 Å². The first-order valence-electron chi connectivity index (χ1n) is 3.93. The first-order valence-corrected chi connectivity index (χ1v) is 3.93. The Morgan fingerprint density at radius 1 is 1.50 bits per heavy atom. The first kappa shape index (κ1) is 7.58. The quantitative estimate of drug-likeness (QED) is 0.607. The Kier molecular flexibility index (Phi) is 2.30. The van der Waals surface area contributed by atoms with Crippen molar-refractivity contribution in [2.45, 2.75) is 32.6 Å². The van der Waals surface area contributed by atoms with Crippen LogP contribution < -0.4 is 0 Å². The number of rotatable bonds is 1. The Bertz CT molecular complexity index is 131. The fourth-order valence-corrected chi connectivity index (χ4v) is 1.66. The Morgan fingerprint density at radius 2 is 2.20 bits per heavy atom. The summed E-state index contributed by atoms with van der Waals surface area (Å²) in [4.78, 5) is 10.5. The lowest BCUT2D eigenvalue weighted by Gasteiger charge is -2.22. The van der Waals surface area contributed by atoms with Crippen molar-refractivity contribution in [2.24, 2.45) is 11.8 Å². The van der Waals surface area contributed by atoms with Crippen LogP contribution in [-0.4, -0.2) is 11.1 Å². The smallest absolute Gasteiger partial charge is 0.306 e. The van der Waals surface area contributed by atoms with E-state index >= 15 is 0 Å². The molecule has 1 aliphatic carbocycles. The van der Waals surface area contributed by atoms with Gasteiger partial charge in [-0.25, -0.2) is 0 Å². The van der Waals surface area contributed by atoms with Crippen LogP contribution in [0, 0.1) is 11.8 Å². The van der Waals surface area contributed by atoms with Crippen LogP contribution in [0.15, 0.2) is 0 Å². The molecule has 0 aliphatic heterocycles. The molecular formula is C8H14O2. The van der Waals surface area contributed by atoms with Gasteiger partial charge in [0.2, 0.25) is 0 Å². The highest BCUT2D eigenvalue weighted by Crippen LogP contribution is 2.28. The molecule has 1 unspecified atom stereocenters. The summed E-state index contributed by atoms with van der Waals surface area (Å²) in [6.07, 6.45) is 4.08. The Hall–Kier alpha value is -0.530. The standard InChI is InChI=1S/C8H14O2/c1-6-3-2-4-7(5-6)8(9)10/h6-7H,2-5H2,1H3,(H,9,10)/t6?,7-/m1/s1. The predicted octanol–water partition coefficient (Wildman–Crippen LogP) is 1.90. The maximum absolute atomic E-state index is 10.5. The van der Waals surface area contributed by atoms with Crippen molar-refractivity contribution in [1.29, 1.82) is 0 Å². The molecule has 0 saturated heterocycles. The predicted molar refractivity (Wildman–Crippen MR) is 38.8 cm³/mol. The van der Waals surface area contributed by atoms with Crippen molar-refractivity contribution in [1.82, 2.24) is 0 Å². The van der Waals surface area contributed by atoms with Crippen molar-refractivity contribution in [3.63, 3.8) is 0 Å². The van der Waals surface area contributed by atoms with Gasteiger partial charge in [-0.1, -0.05) is 19.8 Å². The highest BCUT2D eigenvalue weighted by Gasteiger charge is 2.23. The van der Waals surface area contributed by atoms with Crippen LogP contribution >= 0.6 is 0 Å². The normalized spacial score (nSPS) is 33.7. The summed E-state index contributed by atoms with van der Waals surface area (Å²) in [5, 5.41) is 8.66. The minimum absolute atomic E-state index is 0.0521. The molecular weight excluding hydrogens is 128 g/mol. The van der Waals surface area contributed by atoms with Gasteiger partial charge in [-0.2, -0.15) is 0 Å². The number of carboxylic acids is 1. The summed E-state index contributed by atoms with van der Waals surface area (Å²) < 4.78 is 0. The Morgan fingerprint density at radius 3 is 2.60 bits per heavy atom. The van der Waals surface area contributed by atoms with Gasteiger partial charge in [0.05, 0.1) is 5.92 Å². The zero-order chi connectivity index (χ0) is 7.56. The van der Waals surface area contributed by atoms with Crippen molar-refractivity contribution in [3.8, 4) is 0 Å². The topological polar surface area (TPSA) is 37.3 Å². The molecule has 1 fully saturated rings. The summed E-state index contributed by atoms with van der Waals surface area (Å²) >= 11 is 0. The Balaban J connectivity index is 2.39. The van der Waals surface area contributed by atoms with Crippen LogP contribution in [0.1, 0.15) is 32.6 Å². The highest BCUT2D eigenvalue weighted by molar-refractivity contribution is 5.70. The van der Waals surface area contributed by atoms with E-state index in [0.717, 1.165) is 19.3 Å². The van der Waals surface area contributed by atoms with Gasteiger partial charge < -0.3 is 5.11 Å². The van der Waals surface area contributed by atoms with Crippen LogP contribution in [0.4, 0.5) is 0 Å². The van der Waals surface area contributed by atoms with Gasteiger partial charge in [0.15, 0.2) is 0 Å². The number of hydrogen-bond acceptors (Lipinski definition) is 1. The van der Waals surface area contributed by atoms with Gasteiger partial charge in [-0.3, -0.25) is 4.79 Å². The van der Waals surface area contributed by atoms with Crippen LogP contribution in [-0.2, 0) is 4.79 Å². The third-order valence-corrected chi connectivity index (χ3v) is 2.29. The molecule has 2 nitrogen and oxygen atoms in total. The van der Waals surface area contributed by atoms with Crippen molar-refractivity contribution in [3.05, 3.63) is 0 Å². The molecule has 2 atom stereocenters. The third kappa shape index (κ3) is 1.72. The minimum Gasteiger partial charge on any atom is -0.481 e. The second-order valence-electron chi connectivity index (χ2n) is 3.31. The molecule has 0 aromatic rings. The molecule has 1 aliphatic rings. The molecule has 10 heavy (non-hydrogen) atoms. The van der Waals surface area contributed by atoms with Crippen LogP contribution in [0.2, 0.25) is 0 Å². The van der Waals surface area contributed by atoms with Crippen molar-refractivity contribution in [2.75, 3.05) is 0 Å². The summed E-state index contributed by atoms with van der Waals surface area (Å²) in [5.74, 6) is -0.0369. The molecule has 1 saturated carbocycles. The monoisotopic (exact) mass is 142 g/mol. The number of hydrogen-bond donors (Lipinski definition) is 1. The lowest BCUT2D eigenvalue weighted by Crippen LogP contribution is -2.20. The SMILES string of the molecule is CC1CCC[C@@H](C(=O)O)C1. The van der Waals surface area contributed by atoms with Crippen molar-refractivity contribution >= 4 is 5.97 Å². The summed E-state index contributed by atoms with van der Waals surface area (Å²) in [5.41, 5.74) is 0. The summed E-state index contributed by atoms with van der Waals surface area (Å²) in [6.45, 7) is 2.13. The van der Waals surface area contributed by atoms with E-state index < -0.39 is 5.97 Å². The average Bonchev–Trinajstić information content (AvgIpc) is 1.88. The van der Waals surface area contributed by atoms with Gasteiger partial charge in [0.25, 0.3) is 0 Å². The van der Waals surface area contributed by atoms with Crippen LogP contribution in [0.5, 0.6) is 0 Å². The fraction of sp³-hybridized carbons (Fsp3) is 0.875. The largest absolute Gasteiger partial charge is 0.481 e. The lowest BCUT2D eigenvalue weighted by atomic mass is 9.83. The molecule has 58 valence electrons. The molecule has 0 spiro atoms. The Labute approximate surface area is 61.2 Å². The molecule has 0 heterocycles. The molecule has 1 rings (SSSR count). The second kappa shape index (κ2) is 3.04. The summed E-state index contributed by atoms with van der Waals surface area (Å²) in [7, 11) is 0. The molecule has 0 aromatic carbocycles. The number of aliphatic carboxylic acids is 1. The first-order chi connectivity index (χ1) is 4.70. The van der Waals surface area contributed by atoms with Gasteiger partial charge in [-0.05, 0) is 18.8 Å². The maximum atomic E-state index is 10.5. The van der Waals surface area contributed by atoms with E-state index in [1.54, 1.807) is 0 Å². The van der Waals surface area contributed by atoms with E-state index in [4.69, 9.17) is 5.11 Å². The molecule has 0 bridgehead atoms. The zero-order valence-electron chi connectivity index (χ0n) is 6.34. The van der Waals surface area contributed by atoms with Gasteiger partial charge in [0, 0.05) is 0 Å². The van der Waals surface area contributed by atoms with Crippen LogP contribution in [0.25, 0.3) is 0 Å². The molecule has 1 N–H and O–H groups in total. The van der Waals surface area contributed by atoms with Crippen molar-refractivity contribution < 1.29 is 9.90 Å². The van der Waals surface area contributed by atoms with Crippen LogP contribution in [0.3, 0.4) is 0 Å². The minimum atomic E-state index is -0.605. The molecule has 2 heteroatoms. The number of carboxylic acid groups (broad SMARTS) is 1. The zero-order valence-corrected chi connectivity index (χ0v) is 6.34. The van der Waals surface area contributed by atoms with E-state index in [2.05, 4.69) is 6.92 Å². The van der Waals surface area contributed by atoms with E-state index in [9.17, 15) is 4.79 Å². The average molecular weight is 142 g/mol. The van der Waals surface area contributed by atoms with Gasteiger partial charge >= 0.3 is 5.97 Å².